The largest absolute Gasteiger partial charge is 0.489 e. The molecule has 35 heavy (non-hydrogen) atoms. The minimum absolute atomic E-state index is 0.113. The van der Waals surface area contributed by atoms with Crippen LogP contribution in [-0.2, 0) is 24.1 Å². The summed E-state index contributed by atoms with van der Waals surface area (Å²) in [6, 6.07) is 13.0. The van der Waals surface area contributed by atoms with Crippen LogP contribution < -0.4 is 10.1 Å². The van der Waals surface area contributed by atoms with Crippen LogP contribution in [0.1, 0.15) is 16.7 Å². The van der Waals surface area contributed by atoms with Crippen molar-refractivity contribution < 1.29 is 22.7 Å². The van der Waals surface area contributed by atoms with Crippen molar-refractivity contribution in [2.75, 3.05) is 33.2 Å². The Morgan fingerprint density at radius 3 is 2.43 bits per heavy atom. The van der Waals surface area contributed by atoms with Gasteiger partial charge in [-0.2, -0.15) is 13.2 Å². The second kappa shape index (κ2) is 14.1. The Labute approximate surface area is 204 Å². The first kappa shape index (κ1) is 27.8. The molecule has 0 unspecified atom stereocenters. The quantitative estimate of drug-likeness (QED) is 0.321. The number of allylic oxidation sites excluding steroid dienone is 1. The van der Waals surface area contributed by atoms with E-state index in [9.17, 15) is 18.0 Å². The molecule has 0 saturated carbocycles. The highest BCUT2D eigenvalue weighted by Crippen LogP contribution is 2.29. The van der Waals surface area contributed by atoms with Gasteiger partial charge in [-0.05, 0) is 55.2 Å². The van der Waals surface area contributed by atoms with Crippen LogP contribution in [-0.4, -0.2) is 56.2 Å². The Kier molecular flexibility index (Phi) is 11.2. The summed E-state index contributed by atoms with van der Waals surface area (Å²) in [5.74, 6) is 0.675. The maximum absolute atomic E-state index is 12.8. The van der Waals surface area contributed by atoms with E-state index in [2.05, 4.69) is 46.5 Å². The molecule has 0 spiro atoms. The molecule has 2 aromatic carbocycles. The van der Waals surface area contributed by atoms with Gasteiger partial charge in [0, 0.05) is 38.9 Å². The highest BCUT2D eigenvalue weighted by atomic mass is 19.4. The number of carbonyl (C=O) groups is 1. The monoisotopic (exact) mass is 488 g/mol. The number of nitrogens with one attached hydrogen (secondary N) is 1. The number of piperazine rings is 1. The Balaban J connectivity index is 0.000000410. The lowest BCUT2D eigenvalue weighted by Gasteiger charge is -2.32. The summed E-state index contributed by atoms with van der Waals surface area (Å²) in [5.41, 5.74) is 1.54. The van der Waals surface area contributed by atoms with E-state index < -0.39 is 11.7 Å². The number of rotatable bonds is 9. The van der Waals surface area contributed by atoms with Crippen LogP contribution in [0, 0.1) is 0 Å². The van der Waals surface area contributed by atoms with Crippen LogP contribution in [0.3, 0.4) is 0 Å². The van der Waals surface area contributed by atoms with Crippen LogP contribution in [0.2, 0.25) is 0 Å². The fraction of sp³-hybridized carbons (Fsp3) is 0.308. The Morgan fingerprint density at radius 2 is 1.80 bits per heavy atom. The third-order valence-corrected chi connectivity index (χ3v) is 5.24. The average Bonchev–Trinajstić information content (AvgIpc) is 2.84. The summed E-state index contributed by atoms with van der Waals surface area (Å²) in [4.78, 5) is 17.9. The van der Waals surface area contributed by atoms with Crippen molar-refractivity contribution in [3.63, 3.8) is 0 Å². The van der Waals surface area contributed by atoms with Gasteiger partial charge in [-0.1, -0.05) is 30.8 Å². The van der Waals surface area contributed by atoms with Crippen LogP contribution in [0.25, 0.3) is 0 Å². The number of nitrogens with zero attached hydrogens (tertiary/aromatic N) is 3. The minimum atomic E-state index is -4.33. The summed E-state index contributed by atoms with van der Waals surface area (Å²) in [6.45, 7) is 11.8. The average molecular weight is 489 g/mol. The molecule has 0 radical (unpaired) electrons. The van der Waals surface area contributed by atoms with Crippen molar-refractivity contribution in [2.24, 2.45) is 4.99 Å². The molecule has 3 rings (SSSR count). The zero-order chi connectivity index (χ0) is 25.7. The lowest BCUT2D eigenvalue weighted by molar-refractivity contribution is -0.137. The lowest BCUT2D eigenvalue weighted by atomic mass is 10.1. The van der Waals surface area contributed by atoms with Crippen LogP contribution in [0.4, 0.5) is 13.2 Å². The second-order valence-corrected chi connectivity index (χ2v) is 7.95. The number of hydrogen-bond acceptors (Lipinski definition) is 5. The maximum atomic E-state index is 12.8. The Morgan fingerprint density at radius 1 is 1.11 bits per heavy atom. The number of aliphatic imine (C=N–C) groups is 1. The summed E-state index contributed by atoms with van der Waals surface area (Å²) in [7, 11) is 2.12. The maximum Gasteiger partial charge on any atom is 0.416 e. The van der Waals surface area contributed by atoms with Crippen molar-refractivity contribution in [3.05, 3.63) is 89.8 Å². The van der Waals surface area contributed by atoms with Gasteiger partial charge in [0.2, 0.25) is 6.41 Å². The van der Waals surface area contributed by atoms with E-state index in [1.807, 2.05) is 18.2 Å². The molecule has 0 aromatic heterocycles. The van der Waals surface area contributed by atoms with Crippen molar-refractivity contribution >= 4 is 13.1 Å². The fourth-order valence-electron chi connectivity index (χ4n) is 3.32. The molecule has 0 aliphatic carbocycles. The van der Waals surface area contributed by atoms with Gasteiger partial charge in [-0.25, -0.2) is 0 Å². The van der Waals surface area contributed by atoms with Crippen molar-refractivity contribution in [1.82, 2.24) is 15.1 Å². The van der Waals surface area contributed by atoms with Gasteiger partial charge in [0.15, 0.2) is 0 Å². The lowest BCUT2D eigenvalue weighted by Crippen LogP contribution is -2.43. The number of amides is 1. The molecule has 188 valence electrons. The first-order valence-electron chi connectivity index (χ1n) is 11.0. The number of hydrogen-bond donors (Lipinski definition) is 1. The van der Waals surface area contributed by atoms with Gasteiger partial charge in [0.1, 0.15) is 12.4 Å². The van der Waals surface area contributed by atoms with Crippen molar-refractivity contribution in [1.29, 1.82) is 0 Å². The third kappa shape index (κ3) is 10.2. The zero-order valence-electron chi connectivity index (χ0n) is 19.8. The Bertz CT molecular complexity index is 1000. The SMILES string of the molecule is C=C/C(=C\N=C)NC=O.CN1CCN(Cc2cccc(OCc3cccc(C(F)(F)F)c3)c2)CC1. The normalized spacial score (nSPS) is 14.9. The summed E-state index contributed by atoms with van der Waals surface area (Å²) in [5, 5.41) is 2.36. The highest BCUT2D eigenvalue weighted by molar-refractivity contribution is 5.51. The molecule has 2 aromatic rings. The molecule has 0 bridgehead atoms. The van der Waals surface area contributed by atoms with Gasteiger partial charge >= 0.3 is 6.18 Å². The molecule has 6 nitrogen and oxygen atoms in total. The van der Waals surface area contributed by atoms with Crippen LogP contribution in [0.5, 0.6) is 5.75 Å². The summed E-state index contributed by atoms with van der Waals surface area (Å²) >= 11 is 0. The number of benzene rings is 2. The molecule has 1 fully saturated rings. The molecular weight excluding hydrogens is 457 g/mol. The zero-order valence-corrected chi connectivity index (χ0v) is 19.8. The highest BCUT2D eigenvalue weighted by Gasteiger charge is 2.30. The van der Waals surface area contributed by atoms with Crippen LogP contribution in [0.15, 0.2) is 78.1 Å². The van der Waals surface area contributed by atoms with E-state index in [-0.39, 0.29) is 6.61 Å². The van der Waals surface area contributed by atoms with E-state index in [0.29, 0.717) is 23.4 Å². The van der Waals surface area contributed by atoms with E-state index in [0.717, 1.165) is 50.4 Å². The van der Waals surface area contributed by atoms with Crippen molar-refractivity contribution in [3.8, 4) is 5.75 Å². The summed E-state index contributed by atoms with van der Waals surface area (Å²) in [6.07, 6.45) is -0.901. The van der Waals surface area contributed by atoms with E-state index in [4.69, 9.17) is 4.74 Å². The molecule has 9 heteroatoms. The number of likely N-dealkylation sites (N-methyl/N-ethyl adjacent to an activating group) is 1. The first-order valence-corrected chi connectivity index (χ1v) is 11.0. The van der Waals surface area contributed by atoms with Gasteiger partial charge < -0.3 is 15.0 Å². The molecule has 0 atom stereocenters. The molecule has 1 N–H and O–H groups in total. The number of carbonyl (C=O) groups excluding carboxylic acids is 1. The summed E-state index contributed by atoms with van der Waals surface area (Å²) < 4.78 is 44.1. The first-order chi connectivity index (χ1) is 16.7. The van der Waals surface area contributed by atoms with Gasteiger partial charge in [-0.15, -0.1) is 0 Å². The fourth-order valence-corrected chi connectivity index (χ4v) is 3.32. The minimum Gasteiger partial charge on any atom is -0.489 e. The topological polar surface area (TPSA) is 57.2 Å². The molecule has 1 amide bonds. The third-order valence-electron chi connectivity index (χ3n) is 5.24. The van der Waals surface area contributed by atoms with Gasteiger partial charge in [0.05, 0.1) is 11.3 Å². The predicted octanol–water partition coefficient (Wildman–Crippen LogP) is 4.49. The standard InChI is InChI=1S/C20H23F3N2O.C6H8N2O/c1-24-8-10-25(11-9-24)14-16-4-3-7-19(13-16)26-15-17-5-2-6-18(12-17)20(21,22)23;1-3-6(4-7-2)8-5-9/h2-7,12-13H,8-11,14-15H2,1H3;3-5H,1-2H2,(H,8,9)/b;6-4+. The van der Waals surface area contributed by atoms with E-state index in [1.54, 1.807) is 6.07 Å². The number of ether oxygens (including phenoxy) is 1. The van der Waals surface area contributed by atoms with Crippen LogP contribution >= 0.6 is 0 Å². The van der Waals surface area contributed by atoms with Gasteiger partial charge in [-0.3, -0.25) is 14.7 Å². The second-order valence-electron chi connectivity index (χ2n) is 7.95. The molecule has 1 heterocycles. The number of halogens is 3. The molecule has 1 saturated heterocycles. The molecular formula is C26H31F3N4O2. The molecule has 1 aliphatic heterocycles. The van der Waals surface area contributed by atoms with Gasteiger partial charge in [0.25, 0.3) is 0 Å². The van der Waals surface area contributed by atoms with E-state index >= 15 is 0 Å². The van der Waals surface area contributed by atoms with Crippen molar-refractivity contribution in [2.45, 2.75) is 19.3 Å². The van der Waals surface area contributed by atoms with E-state index in [1.165, 1.54) is 18.3 Å². The predicted molar refractivity (Wildman–Crippen MR) is 132 cm³/mol. The number of alkyl halides is 3. The smallest absolute Gasteiger partial charge is 0.416 e. The Hall–Kier alpha value is -3.43. The molecule has 1 aliphatic rings.